The zero-order valence-electron chi connectivity index (χ0n) is 9.73. The Morgan fingerprint density at radius 3 is 3.06 bits per heavy atom. The average Bonchev–Trinajstić information content (AvgIpc) is 2.28. The van der Waals surface area contributed by atoms with Crippen molar-refractivity contribution in [1.29, 1.82) is 5.26 Å². The van der Waals surface area contributed by atoms with Crippen molar-refractivity contribution < 1.29 is 4.74 Å². The van der Waals surface area contributed by atoms with Gasteiger partial charge in [0.2, 0.25) is 5.88 Å². The molecule has 4 heteroatoms. The van der Waals surface area contributed by atoms with Gasteiger partial charge in [0, 0.05) is 18.3 Å². The first-order valence-electron chi connectivity index (χ1n) is 5.44. The standard InChI is InChI=1S/C12H17N3O/c1-10(2)14-5-3-7-16-12-8-11(9-13)4-6-15-12/h4,6,8,10,14H,3,5,7H2,1-2H3. The van der Waals surface area contributed by atoms with Gasteiger partial charge in [0.1, 0.15) is 0 Å². The number of rotatable bonds is 6. The van der Waals surface area contributed by atoms with Gasteiger partial charge < -0.3 is 10.1 Å². The number of nitrogens with one attached hydrogen (secondary N) is 1. The van der Waals surface area contributed by atoms with Crippen LogP contribution in [-0.2, 0) is 0 Å². The summed E-state index contributed by atoms with van der Waals surface area (Å²) in [5.41, 5.74) is 0.574. The summed E-state index contributed by atoms with van der Waals surface area (Å²) in [4.78, 5) is 4.03. The highest BCUT2D eigenvalue weighted by Crippen LogP contribution is 2.08. The molecule has 4 nitrogen and oxygen atoms in total. The fourth-order valence-corrected chi connectivity index (χ4v) is 1.20. The quantitative estimate of drug-likeness (QED) is 0.740. The molecule has 1 aromatic rings. The number of pyridine rings is 1. The predicted molar refractivity (Wildman–Crippen MR) is 62.2 cm³/mol. The molecule has 0 fully saturated rings. The summed E-state index contributed by atoms with van der Waals surface area (Å²) in [6.07, 6.45) is 2.51. The lowest BCUT2D eigenvalue weighted by Crippen LogP contribution is -2.24. The van der Waals surface area contributed by atoms with Crippen molar-refractivity contribution in [3.63, 3.8) is 0 Å². The van der Waals surface area contributed by atoms with Gasteiger partial charge in [-0.3, -0.25) is 0 Å². The molecule has 0 aliphatic rings. The summed E-state index contributed by atoms with van der Waals surface area (Å²) in [7, 11) is 0. The van der Waals surface area contributed by atoms with E-state index in [-0.39, 0.29) is 0 Å². The van der Waals surface area contributed by atoms with Gasteiger partial charge in [0.25, 0.3) is 0 Å². The van der Waals surface area contributed by atoms with Gasteiger partial charge in [-0.15, -0.1) is 0 Å². The molecular formula is C12H17N3O. The predicted octanol–water partition coefficient (Wildman–Crippen LogP) is 1.72. The third-order valence-corrected chi connectivity index (χ3v) is 1.99. The molecule has 0 atom stereocenters. The Labute approximate surface area is 96.3 Å². The second kappa shape index (κ2) is 6.81. The summed E-state index contributed by atoms with van der Waals surface area (Å²) in [5, 5.41) is 12.0. The fraction of sp³-hybridized carbons (Fsp3) is 0.500. The first-order valence-corrected chi connectivity index (χ1v) is 5.44. The van der Waals surface area contributed by atoms with Crippen molar-refractivity contribution in [2.75, 3.05) is 13.2 Å². The zero-order chi connectivity index (χ0) is 11.8. The molecule has 0 saturated heterocycles. The van der Waals surface area contributed by atoms with Crippen LogP contribution < -0.4 is 10.1 Å². The molecule has 1 aromatic heterocycles. The SMILES string of the molecule is CC(C)NCCCOc1cc(C#N)ccn1. The van der Waals surface area contributed by atoms with Crippen LogP contribution in [0.4, 0.5) is 0 Å². The smallest absolute Gasteiger partial charge is 0.214 e. The molecule has 0 aliphatic heterocycles. The van der Waals surface area contributed by atoms with Gasteiger partial charge in [-0.1, -0.05) is 13.8 Å². The lowest BCUT2D eigenvalue weighted by Gasteiger charge is -2.08. The van der Waals surface area contributed by atoms with Crippen LogP contribution >= 0.6 is 0 Å². The largest absolute Gasteiger partial charge is 0.478 e. The number of ether oxygens (including phenoxy) is 1. The van der Waals surface area contributed by atoms with E-state index in [0.717, 1.165) is 13.0 Å². The first kappa shape index (κ1) is 12.5. The van der Waals surface area contributed by atoms with Gasteiger partial charge in [-0.25, -0.2) is 4.98 Å². The van der Waals surface area contributed by atoms with Gasteiger partial charge >= 0.3 is 0 Å². The van der Waals surface area contributed by atoms with E-state index in [9.17, 15) is 0 Å². The molecule has 1 rings (SSSR count). The topological polar surface area (TPSA) is 57.9 Å². The minimum absolute atomic E-state index is 0.500. The summed E-state index contributed by atoms with van der Waals surface area (Å²) in [6.45, 7) is 5.76. The van der Waals surface area contributed by atoms with E-state index in [1.807, 2.05) is 0 Å². The van der Waals surface area contributed by atoms with Crippen LogP contribution in [0.5, 0.6) is 5.88 Å². The number of hydrogen-bond acceptors (Lipinski definition) is 4. The molecule has 0 saturated carbocycles. The molecule has 1 heterocycles. The third-order valence-electron chi connectivity index (χ3n) is 1.99. The normalized spacial score (nSPS) is 10.1. The Morgan fingerprint density at radius 2 is 2.38 bits per heavy atom. The lowest BCUT2D eigenvalue weighted by molar-refractivity contribution is 0.295. The Hall–Kier alpha value is -1.60. The van der Waals surface area contributed by atoms with Crippen LogP contribution in [0.25, 0.3) is 0 Å². The highest BCUT2D eigenvalue weighted by atomic mass is 16.5. The van der Waals surface area contributed by atoms with Crippen molar-refractivity contribution in [3.05, 3.63) is 23.9 Å². The minimum atomic E-state index is 0.500. The molecular weight excluding hydrogens is 202 g/mol. The zero-order valence-corrected chi connectivity index (χ0v) is 9.73. The Kier molecular flexibility index (Phi) is 5.30. The monoisotopic (exact) mass is 219 g/mol. The van der Waals surface area contributed by atoms with Gasteiger partial charge in [-0.05, 0) is 19.0 Å². The highest BCUT2D eigenvalue weighted by Gasteiger charge is 1.97. The molecule has 0 unspecified atom stereocenters. The molecule has 1 N–H and O–H groups in total. The van der Waals surface area contributed by atoms with Crippen LogP contribution in [0.15, 0.2) is 18.3 Å². The minimum Gasteiger partial charge on any atom is -0.478 e. The van der Waals surface area contributed by atoms with E-state index in [0.29, 0.717) is 24.1 Å². The second-order valence-corrected chi connectivity index (χ2v) is 3.81. The Morgan fingerprint density at radius 1 is 1.56 bits per heavy atom. The average molecular weight is 219 g/mol. The van der Waals surface area contributed by atoms with Crippen molar-refractivity contribution in [1.82, 2.24) is 10.3 Å². The van der Waals surface area contributed by atoms with Crippen molar-refractivity contribution in [2.45, 2.75) is 26.3 Å². The summed E-state index contributed by atoms with van der Waals surface area (Å²) in [5.74, 6) is 0.517. The van der Waals surface area contributed by atoms with Crippen LogP contribution in [0.3, 0.4) is 0 Å². The maximum Gasteiger partial charge on any atom is 0.214 e. The Bertz CT molecular complexity index is 358. The molecule has 0 spiro atoms. The molecule has 0 radical (unpaired) electrons. The van der Waals surface area contributed by atoms with E-state index >= 15 is 0 Å². The van der Waals surface area contributed by atoms with E-state index in [1.54, 1.807) is 18.3 Å². The molecule has 86 valence electrons. The Balaban J connectivity index is 2.24. The molecule has 0 bridgehead atoms. The van der Waals surface area contributed by atoms with E-state index < -0.39 is 0 Å². The second-order valence-electron chi connectivity index (χ2n) is 3.81. The van der Waals surface area contributed by atoms with E-state index in [4.69, 9.17) is 10.00 Å². The summed E-state index contributed by atoms with van der Waals surface area (Å²) in [6, 6.07) is 5.86. The van der Waals surface area contributed by atoms with Crippen molar-refractivity contribution in [3.8, 4) is 11.9 Å². The van der Waals surface area contributed by atoms with E-state index in [1.165, 1.54) is 0 Å². The van der Waals surface area contributed by atoms with Crippen LogP contribution in [0, 0.1) is 11.3 Å². The van der Waals surface area contributed by atoms with Crippen LogP contribution in [-0.4, -0.2) is 24.2 Å². The number of nitrogens with zero attached hydrogens (tertiary/aromatic N) is 2. The number of aromatic nitrogens is 1. The fourth-order valence-electron chi connectivity index (χ4n) is 1.20. The molecule has 16 heavy (non-hydrogen) atoms. The lowest BCUT2D eigenvalue weighted by atomic mass is 10.3. The van der Waals surface area contributed by atoms with Crippen molar-refractivity contribution in [2.24, 2.45) is 0 Å². The van der Waals surface area contributed by atoms with Gasteiger partial charge in [0.05, 0.1) is 18.2 Å². The van der Waals surface area contributed by atoms with Gasteiger partial charge in [-0.2, -0.15) is 5.26 Å². The first-order chi connectivity index (χ1) is 7.72. The molecule has 0 amide bonds. The summed E-state index contributed by atoms with van der Waals surface area (Å²) >= 11 is 0. The number of nitriles is 1. The van der Waals surface area contributed by atoms with Crippen LogP contribution in [0.1, 0.15) is 25.8 Å². The maximum absolute atomic E-state index is 8.69. The highest BCUT2D eigenvalue weighted by molar-refractivity contribution is 5.31. The molecule has 0 aliphatic carbocycles. The van der Waals surface area contributed by atoms with Gasteiger partial charge in [0.15, 0.2) is 0 Å². The number of hydrogen-bond donors (Lipinski definition) is 1. The third kappa shape index (κ3) is 4.76. The van der Waals surface area contributed by atoms with E-state index in [2.05, 4.69) is 30.2 Å². The van der Waals surface area contributed by atoms with Crippen molar-refractivity contribution >= 4 is 0 Å². The maximum atomic E-state index is 8.69. The van der Waals surface area contributed by atoms with Crippen LogP contribution in [0.2, 0.25) is 0 Å². The summed E-state index contributed by atoms with van der Waals surface area (Å²) < 4.78 is 5.43. The molecule has 0 aromatic carbocycles.